The largest absolute Gasteiger partial charge is 0.413 e. The molecule has 0 aliphatic carbocycles. The Morgan fingerprint density at radius 1 is 1.08 bits per heavy atom. The molecule has 0 aliphatic heterocycles. The Kier molecular flexibility index (Phi) is 9.04. The van der Waals surface area contributed by atoms with E-state index in [9.17, 15) is 4.79 Å². The molecule has 1 rings (SSSR count). The Bertz CT molecular complexity index is 501. The van der Waals surface area contributed by atoms with Crippen LogP contribution in [0.15, 0.2) is 30.3 Å². The molecule has 4 heteroatoms. The lowest BCUT2D eigenvalue weighted by Gasteiger charge is -2.40. The highest BCUT2D eigenvalue weighted by atomic mass is 28.4. The van der Waals surface area contributed by atoms with E-state index in [2.05, 4.69) is 32.9 Å². The molecular formula is C21H36O3Si. The molecule has 0 unspecified atom stereocenters. The van der Waals surface area contributed by atoms with Gasteiger partial charge in [0.15, 0.2) is 8.32 Å². The molecule has 0 saturated carbocycles. The highest BCUT2D eigenvalue weighted by Gasteiger charge is 2.40. The topological polar surface area (TPSA) is 35.5 Å². The highest BCUT2D eigenvalue weighted by molar-refractivity contribution is 6.73. The molecule has 0 saturated heterocycles. The summed E-state index contributed by atoms with van der Waals surface area (Å²) in [6.07, 6.45) is 0.682. The molecule has 0 aromatic heterocycles. The maximum Gasteiger partial charge on any atom is 0.192 e. The zero-order chi connectivity index (χ0) is 18.9. The average molecular weight is 365 g/mol. The van der Waals surface area contributed by atoms with Crippen molar-refractivity contribution in [2.75, 3.05) is 6.61 Å². The third-order valence-corrected chi connectivity index (χ3v) is 10.3. The summed E-state index contributed by atoms with van der Waals surface area (Å²) in [6.45, 7) is 13.6. The lowest BCUT2D eigenvalue weighted by Crippen LogP contribution is -2.48. The number of hydrogen-bond donors (Lipinski definition) is 0. The molecule has 0 heterocycles. The van der Waals surface area contributed by atoms with Crippen LogP contribution in [0.3, 0.4) is 0 Å². The van der Waals surface area contributed by atoms with Gasteiger partial charge in [-0.15, -0.1) is 0 Å². The van der Waals surface area contributed by atoms with Crippen LogP contribution in [-0.2, 0) is 20.6 Å². The Morgan fingerprint density at radius 3 is 2.12 bits per heavy atom. The van der Waals surface area contributed by atoms with Gasteiger partial charge in [-0.1, -0.05) is 65.0 Å². The van der Waals surface area contributed by atoms with Crippen LogP contribution in [0.2, 0.25) is 18.1 Å². The monoisotopic (exact) mass is 364 g/mol. The molecule has 1 atom stereocenters. The van der Waals surface area contributed by atoms with Crippen LogP contribution in [0.5, 0.6) is 0 Å². The predicted molar refractivity (Wildman–Crippen MR) is 107 cm³/mol. The summed E-state index contributed by atoms with van der Waals surface area (Å²) in [5.74, 6) is 0.187. The van der Waals surface area contributed by atoms with Crippen molar-refractivity contribution in [1.82, 2.24) is 0 Å². The minimum Gasteiger partial charge on any atom is -0.413 e. The zero-order valence-corrected chi connectivity index (χ0v) is 17.9. The van der Waals surface area contributed by atoms with Crippen LogP contribution in [0, 0.1) is 5.41 Å². The Hall–Kier alpha value is -0.973. The fraction of sp³-hybridized carbons (Fsp3) is 0.667. The second kappa shape index (κ2) is 10.2. The third kappa shape index (κ3) is 6.35. The fourth-order valence-corrected chi connectivity index (χ4v) is 6.07. The Morgan fingerprint density at radius 2 is 1.64 bits per heavy atom. The maximum atomic E-state index is 12.2. The van der Waals surface area contributed by atoms with Crippen molar-refractivity contribution < 1.29 is 14.0 Å². The Balaban J connectivity index is 2.73. The lowest BCUT2D eigenvalue weighted by atomic mass is 9.81. The van der Waals surface area contributed by atoms with Crippen LogP contribution in [0.1, 0.15) is 53.5 Å². The van der Waals surface area contributed by atoms with Gasteiger partial charge in [0, 0.05) is 12.0 Å². The number of carbonyl (C=O) groups excluding carboxylic acids is 1. The summed E-state index contributed by atoms with van der Waals surface area (Å²) < 4.78 is 12.6. The van der Waals surface area contributed by atoms with Crippen molar-refractivity contribution in [3.05, 3.63) is 35.9 Å². The number of ether oxygens (including phenoxy) is 1. The van der Waals surface area contributed by atoms with Gasteiger partial charge in [0.2, 0.25) is 0 Å². The predicted octanol–water partition coefficient (Wildman–Crippen LogP) is 5.60. The average Bonchev–Trinajstić information content (AvgIpc) is 2.62. The van der Waals surface area contributed by atoms with Crippen molar-refractivity contribution in [1.29, 1.82) is 0 Å². The molecule has 1 aromatic carbocycles. The van der Waals surface area contributed by atoms with Crippen molar-refractivity contribution in [2.45, 2.75) is 78.8 Å². The number of carbonyl (C=O) groups is 1. The second-order valence-electron chi connectivity index (χ2n) is 7.45. The molecule has 0 radical (unpaired) electrons. The molecule has 0 spiro atoms. The van der Waals surface area contributed by atoms with E-state index in [4.69, 9.17) is 9.16 Å². The van der Waals surface area contributed by atoms with Gasteiger partial charge >= 0.3 is 0 Å². The van der Waals surface area contributed by atoms with Gasteiger partial charge in [-0.3, -0.25) is 4.79 Å². The molecule has 0 aliphatic rings. The van der Waals surface area contributed by atoms with Gasteiger partial charge in [-0.05, 0) is 37.0 Å². The minimum atomic E-state index is -1.77. The number of Topliss-reactive ketones (excluding diaryl/α,β-unsaturated/α-hetero) is 1. The van der Waals surface area contributed by atoms with Crippen molar-refractivity contribution in [2.24, 2.45) is 5.41 Å². The van der Waals surface area contributed by atoms with E-state index in [1.54, 1.807) is 6.92 Å². The smallest absolute Gasteiger partial charge is 0.192 e. The molecule has 0 amide bonds. The Labute approximate surface area is 155 Å². The van der Waals surface area contributed by atoms with Gasteiger partial charge in [0.1, 0.15) is 5.78 Å². The molecule has 3 nitrogen and oxygen atoms in total. The van der Waals surface area contributed by atoms with Crippen molar-refractivity contribution in [3.8, 4) is 0 Å². The van der Waals surface area contributed by atoms with Crippen LogP contribution < -0.4 is 0 Å². The van der Waals surface area contributed by atoms with Crippen LogP contribution in [-0.4, -0.2) is 26.8 Å². The normalized spacial score (nSPS) is 13.7. The molecule has 1 aromatic rings. The van der Waals surface area contributed by atoms with Gasteiger partial charge < -0.3 is 9.16 Å². The lowest BCUT2D eigenvalue weighted by molar-refractivity contribution is -0.130. The summed E-state index contributed by atoms with van der Waals surface area (Å²) in [4.78, 5) is 12.2. The van der Waals surface area contributed by atoms with E-state index in [1.807, 2.05) is 32.0 Å². The van der Waals surface area contributed by atoms with E-state index in [1.165, 1.54) is 5.56 Å². The molecule has 0 N–H and O–H groups in total. The summed E-state index contributed by atoms with van der Waals surface area (Å²) in [7, 11) is -1.77. The van der Waals surface area contributed by atoms with Crippen molar-refractivity contribution >= 4 is 14.1 Å². The SMILES string of the molecule is CC[Si](CC)(CC)O[C@@H](CCOCc1ccccc1)C(C)(C)C(C)=O. The number of benzene rings is 1. The summed E-state index contributed by atoms with van der Waals surface area (Å²) in [5.41, 5.74) is 0.693. The quantitative estimate of drug-likeness (QED) is 0.358. The molecule has 142 valence electrons. The minimum absolute atomic E-state index is 0.0766. The van der Waals surface area contributed by atoms with Gasteiger partial charge in [0.05, 0.1) is 12.7 Å². The first-order valence-corrected chi connectivity index (χ1v) is 12.1. The first-order valence-electron chi connectivity index (χ1n) is 9.61. The van der Waals surface area contributed by atoms with Crippen LogP contribution in [0.25, 0.3) is 0 Å². The number of rotatable bonds is 12. The van der Waals surface area contributed by atoms with E-state index in [-0.39, 0.29) is 11.9 Å². The van der Waals surface area contributed by atoms with Crippen molar-refractivity contribution in [3.63, 3.8) is 0 Å². The molecule has 25 heavy (non-hydrogen) atoms. The van der Waals surface area contributed by atoms with E-state index < -0.39 is 13.7 Å². The number of ketones is 1. The summed E-state index contributed by atoms with van der Waals surface area (Å²) in [5, 5.41) is 0. The third-order valence-electron chi connectivity index (χ3n) is 5.67. The molecule has 0 bridgehead atoms. The molecular weight excluding hydrogens is 328 g/mol. The van der Waals surface area contributed by atoms with E-state index in [0.717, 1.165) is 24.6 Å². The van der Waals surface area contributed by atoms with Gasteiger partial charge in [-0.2, -0.15) is 0 Å². The first kappa shape index (κ1) is 22.1. The highest BCUT2D eigenvalue weighted by Crippen LogP contribution is 2.33. The summed E-state index contributed by atoms with van der Waals surface area (Å²) in [6, 6.07) is 13.5. The first-order chi connectivity index (χ1) is 11.8. The van der Waals surface area contributed by atoms with E-state index >= 15 is 0 Å². The second-order valence-corrected chi connectivity index (χ2v) is 12.2. The summed E-state index contributed by atoms with van der Waals surface area (Å²) >= 11 is 0. The van der Waals surface area contributed by atoms with Gasteiger partial charge in [0.25, 0.3) is 0 Å². The standard InChI is InChI=1S/C21H36O3Si/c1-7-25(8-2,9-3)24-20(21(5,6)18(4)22)15-16-23-17-19-13-11-10-12-14-19/h10-14,20H,7-9,15-17H2,1-6H3/t20-/m0/s1. The molecule has 0 fully saturated rings. The van der Waals surface area contributed by atoms with Crippen LogP contribution >= 0.6 is 0 Å². The van der Waals surface area contributed by atoms with Gasteiger partial charge in [-0.25, -0.2) is 0 Å². The fourth-order valence-electron chi connectivity index (χ4n) is 3.05. The van der Waals surface area contributed by atoms with Crippen LogP contribution in [0.4, 0.5) is 0 Å². The van der Waals surface area contributed by atoms with E-state index in [0.29, 0.717) is 13.2 Å². The zero-order valence-electron chi connectivity index (χ0n) is 16.9. The maximum absolute atomic E-state index is 12.2. The number of hydrogen-bond acceptors (Lipinski definition) is 3.